The Bertz CT molecular complexity index is 3070. The number of carboxylic acids is 1. The summed E-state index contributed by atoms with van der Waals surface area (Å²) in [4.78, 5) is 57.0. The Balaban J connectivity index is 0.000000168. The van der Waals surface area contributed by atoms with Gasteiger partial charge in [-0.15, -0.1) is 22.7 Å². The highest BCUT2D eigenvalue weighted by atomic mass is 32.1. The molecule has 2 atom stereocenters. The van der Waals surface area contributed by atoms with E-state index >= 15 is 0 Å². The number of carboxylic acid groups (broad SMARTS) is 1. The zero-order chi connectivity index (χ0) is 46.6. The number of aromatic nitrogens is 6. The molecule has 16 nitrogen and oxygen atoms in total. The van der Waals surface area contributed by atoms with Gasteiger partial charge in [0.1, 0.15) is 32.2 Å². The first-order chi connectivity index (χ1) is 32.6. The number of benzene rings is 4. The second-order valence-corrected chi connectivity index (χ2v) is 17.9. The number of fused-ring (bicyclic) bond motifs is 2. The third-order valence-electron chi connectivity index (χ3n) is 11.9. The number of nitrogens with zero attached hydrogens (tertiary/aromatic N) is 8. The minimum atomic E-state index is -0.969. The van der Waals surface area contributed by atoms with Crippen LogP contribution in [-0.4, -0.2) is 93.5 Å². The van der Waals surface area contributed by atoms with E-state index in [0.717, 1.165) is 68.1 Å². The van der Waals surface area contributed by atoms with Gasteiger partial charge in [0.25, 0.3) is 0 Å². The summed E-state index contributed by atoms with van der Waals surface area (Å²) in [5, 5.41) is 16.0. The van der Waals surface area contributed by atoms with Crippen molar-refractivity contribution in [2.75, 3.05) is 54.9 Å². The number of anilines is 6. The molecule has 0 amide bonds. The van der Waals surface area contributed by atoms with E-state index < -0.39 is 5.97 Å². The van der Waals surface area contributed by atoms with Gasteiger partial charge in [0, 0.05) is 83.3 Å². The summed E-state index contributed by atoms with van der Waals surface area (Å²) < 4.78 is 15.9. The van der Waals surface area contributed by atoms with E-state index in [4.69, 9.17) is 29.3 Å². The lowest BCUT2D eigenvalue weighted by Gasteiger charge is -2.25. The van der Waals surface area contributed by atoms with Crippen LogP contribution in [0.4, 0.5) is 34.4 Å². The third kappa shape index (κ3) is 9.76. The van der Waals surface area contributed by atoms with E-state index in [-0.39, 0.29) is 11.5 Å². The molecule has 10 rings (SSSR count). The third-order valence-corrected chi connectivity index (χ3v) is 13.3. The van der Waals surface area contributed by atoms with Crippen molar-refractivity contribution in [1.82, 2.24) is 29.9 Å². The molecule has 0 radical (unpaired) electrons. The number of nitrogens with one attached hydrogen (secondary N) is 2. The van der Waals surface area contributed by atoms with Crippen LogP contribution in [0.5, 0.6) is 11.5 Å². The summed E-state index contributed by atoms with van der Waals surface area (Å²) in [6.45, 7) is 6.54. The van der Waals surface area contributed by atoms with E-state index in [1.807, 2.05) is 24.3 Å². The number of thiazole rings is 2. The predicted octanol–water partition coefficient (Wildman–Crippen LogP) is 10.5. The standard InChI is InChI=1S/C25H25N5O3S.C24H23N5O3S/c1-15-5-4-10-30(15)19-11-18(12-20(13-19)32-2)27-23-21-24(34-14-26-21)29-22(28-23)16-6-8-17(9-7-16)25(31)33-3;1-14-4-3-9-29(14)18-10-17(11-19(12-18)32-2)26-22-20-23(33-13-25-20)28-21(27-22)15-5-7-16(8-6-15)24(30)31/h6-9,11-15H,4-5,10H2,1-3H3,(H,27,28,29);5-8,10-14H,3-4,9H2,1-2H3,(H,30,31)(H,26,27,28)/t15-;14-/m00/s1. The lowest BCUT2D eigenvalue weighted by Crippen LogP contribution is -2.26. The fraction of sp³-hybridized carbons (Fsp3) is 0.265. The SMILES string of the molecule is COC(=O)c1ccc(-c2nc(Nc3cc(OC)cc(N4CCC[C@@H]4C)c3)c3ncsc3n2)cc1.COc1cc(Nc2nc(-c3ccc(C(=O)O)cc3)nc3scnc23)cc(N2CCC[C@@H]2C)c1. The smallest absolute Gasteiger partial charge is 0.337 e. The fourth-order valence-electron chi connectivity index (χ4n) is 8.38. The summed E-state index contributed by atoms with van der Waals surface area (Å²) in [5.41, 5.74) is 11.1. The van der Waals surface area contributed by atoms with Crippen LogP contribution in [0.15, 0.2) is 96.0 Å². The van der Waals surface area contributed by atoms with E-state index in [1.165, 1.54) is 55.5 Å². The fourth-order valence-corrected chi connectivity index (χ4v) is 9.69. The zero-order valence-electron chi connectivity index (χ0n) is 37.5. The molecule has 0 unspecified atom stereocenters. The Morgan fingerprint density at radius 2 is 1.07 bits per heavy atom. The quantitative estimate of drug-likeness (QED) is 0.0980. The molecule has 2 saturated heterocycles. The van der Waals surface area contributed by atoms with Gasteiger partial charge in [0.15, 0.2) is 23.3 Å². The molecular weight excluding hydrogens is 889 g/mol. The van der Waals surface area contributed by atoms with Crippen LogP contribution in [0.25, 0.3) is 43.5 Å². The van der Waals surface area contributed by atoms with Crippen molar-refractivity contribution in [3.05, 3.63) is 107 Å². The molecule has 3 N–H and O–H groups in total. The van der Waals surface area contributed by atoms with Crippen LogP contribution in [0.3, 0.4) is 0 Å². The highest BCUT2D eigenvalue weighted by Crippen LogP contribution is 2.37. The normalized spacial score (nSPS) is 15.6. The van der Waals surface area contributed by atoms with E-state index in [0.29, 0.717) is 52.0 Å². The lowest BCUT2D eigenvalue weighted by atomic mass is 10.1. The van der Waals surface area contributed by atoms with Gasteiger partial charge in [-0.2, -0.15) is 0 Å². The monoisotopic (exact) mass is 936 g/mol. The minimum Gasteiger partial charge on any atom is -0.497 e. The maximum Gasteiger partial charge on any atom is 0.337 e. The molecule has 2 aliphatic rings. The number of methoxy groups -OCH3 is 3. The number of hydrogen-bond acceptors (Lipinski definition) is 17. The molecule has 0 aliphatic carbocycles. The molecule has 4 aromatic carbocycles. The van der Waals surface area contributed by atoms with Gasteiger partial charge in [-0.05, 0) is 75.9 Å². The van der Waals surface area contributed by atoms with Gasteiger partial charge in [0.05, 0.1) is 43.5 Å². The van der Waals surface area contributed by atoms with Crippen LogP contribution in [0.1, 0.15) is 60.2 Å². The highest BCUT2D eigenvalue weighted by Gasteiger charge is 2.24. The zero-order valence-corrected chi connectivity index (χ0v) is 39.2. The number of aromatic carboxylic acids is 1. The molecule has 67 heavy (non-hydrogen) atoms. The molecule has 4 aromatic heterocycles. The van der Waals surface area contributed by atoms with Gasteiger partial charge < -0.3 is 39.8 Å². The number of ether oxygens (including phenoxy) is 3. The van der Waals surface area contributed by atoms with Gasteiger partial charge >= 0.3 is 11.9 Å². The average Bonchev–Trinajstić information content (AvgIpc) is 4.20. The molecule has 0 bridgehead atoms. The Kier molecular flexibility index (Phi) is 13.1. The molecule has 6 heterocycles. The van der Waals surface area contributed by atoms with Crippen LogP contribution < -0.4 is 29.9 Å². The van der Waals surface area contributed by atoms with Crippen molar-refractivity contribution in [3.8, 4) is 34.3 Å². The second-order valence-electron chi connectivity index (χ2n) is 16.2. The van der Waals surface area contributed by atoms with E-state index in [2.05, 4.69) is 78.5 Å². The van der Waals surface area contributed by atoms with Crippen LogP contribution in [-0.2, 0) is 4.74 Å². The molecule has 2 aliphatic heterocycles. The first-order valence-corrected chi connectivity index (χ1v) is 23.5. The molecule has 0 saturated carbocycles. The lowest BCUT2D eigenvalue weighted by molar-refractivity contribution is 0.0599. The van der Waals surface area contributed by atoms with Crippen LogP contribution >= 0.6 is 22.7 Å². The second kappa shape index (κ2) is 19.6. The molecule has 18 heteroatoms. The van der Waals surface area contributed by atoms with Crippen LogP contribution in [0.2, 0.25) is 0 Å². The topological polar surface area (TPSA) is 190 Å². The first kappa shape index (κ1) is 44.7. The maximum atomic E-state index is 11.8. The number of rotatable bonds is 12. The predicted molar refractivity (Wildman–Crippen MR) is 264 cm³/mol. The maximum absolute atomic E-state index is 11.8. The van der Waals surface area contributed by atoms with E-state index in [1.54, 1.807) is 61.6 Å². The van der Waals surface area contributed by atoms with Crippen molar-refractivity contribution in [2.45, 2.75) is 51.6 Å². The molecule has 8 aromatic rings. The van der Waals surface area contributed by atoms with Crippen molar-refractivity contribution in [2.24, 2.45) is 0 Å². The Hall–Kier alpha value is -7.44. The minimum absolute atomic E-state index is 0.219. The Morgan fingerprint density at radius 3 is 1.46 bits per heavy atom. The largest absolute Gasteiger partial charge is 0.497 e. The molecule has 2 fully saturated rings. The van der Waals surface area contributed by atoms with Crippen molar-refractivity contribution >= 4 is 89.7 Å². The van der Waals surface area contributed by atoms with Crippen molar-refractivity contribution in [1.29, 1.82) is 0 Å². The number of hydrogen-bond donors (Lipinski definition) is 3. The molecule has 342 valence electrons. The Morgan fingerprint density at radius 1 is 0.627 bits per heavy atom. The number of esters is 1. The summed E-state index contributed by atoms with van der Waals surface area (Å²) in [7, 11) is 4.71. The Labute approximate surface area is 394 Å². The van der Waals surface area contributed by atoms with Gasteiger partial charge in [-0.1, -0.05) is 24.3 Å². The number of carbonyl (C=O) groups is 2. The summed E-state index contributed by atoms with van der Waals surface area (Å²) >= 11 is 2.89. The molecular formula is C49H48N10O6S2. The summed E-state index contributed by atoms with van der Waals surface area (Å²) in [6, 6.07) is 26.8. The average molecular weight is 937 g/mol. The van der Waals surface area contributed by atoms with Crippen molar-refractivity contribution in [3.63, 3.8) is 0 Å². The number of carbonyl (C=O) groups excluding carboxylic acids is 1. The van der Waals surface area contributed by atoms with E-state index in [9.17, 15) is 9.59 Å². The summed E-state index contributed by atoms with van der Waals surface area (Å²) in [6.07, 6.45) is 4.72. The highest BCUT2D eigenvalue weighted by molar-refractivity contribution is 7.16. The van der Waals surface area contributed by atoms with Gasteiger partial charge in [-0.25, -0.2) is 39.5 Å². The van der Waals surface area contributed by atoms with Crippen LogP contribution in [0, 0.1) is 0 Å². The van der Waals surface area contributed by atoms with Gasteiger partial charge in [0.2, 0.25) is 0 Å². The van der Waals surface area contributed by atoms with Gasteiger partial charge in [-0.3, -0.25) is 0 Å². The molecule has 0 spiro atoms. The van der Waals surface area contributed by atoms with Crippen molar-refractivity contribution < 1.29 is 28.9 Å². The summed E-state index contributed by atoms with van der Waals surface area (Å²) in [5.74, 6) is 2.45. The first-order valence-electron chi connectivity index (χ1n) is 21.8.